The third kappa shape index (κ3) is 3.41. The van der Waals surface area contributed by atoms with Crippen molar-refractivity contribution in [3.05, 3.63) is 29.8 Å². The maximum atomic E-state index is 6.12. The number of benzene rings is 1. The van der Waals surface area contributed by atoms with Crippen LogP contribution in [-0.2, 0) is 4.74 Å². The van der Waals surface area contributed by atoms with Crippen molar-refractivity contribution >= 4 is 0 Å². The van der Waals surface area contributed by atoms with E-state index in [0.717, 1.165) is 18.8 Å². The first-order chi connectivity index (χ1) is 10.2. The summed E-state index contributed by atoms with van der Waals surface area (Å²) < 4.78 is 11.3. The molecular formula is C18H27NO2. The first-order valence-electron chi connectivity index (χ1n) is 8.25. The molecule has 21 heavy (non-hydrogen) atoms. The summed E-state index contributed by atoms with van der Waals surface area (Å²) >= 11 is 0. The first-order valence-corrected chi connectivity index (χ1v) is 8.25. The van der Waals surface area contributed by atoms with Gasteiger partial charge in [-0.3, -0.25) is 0 Å². The third-order valence-corrected chi connectivity index (χ3v) is 5.11. The highest BCUT2D eigenvalue weighted by atomic mass is 16.5. The molecule has 1 aromatic carbocycles. The van der Waals surface area contributed by atoms with Gasteiger partial charge in [-0.05, 0) is 50.3 Å². The summed E-state index contributed by atoms with van der Waals surface area (Å²) in [6.07, 6.45) is 7.47. The van der Waals surface area contributed by atoms with Crippen LogP contribution >= 0.6 is 0 Å². The molecule has 1 saturated carbocycles. The fraction of sp³-hybridized carbons (Fsp3) is 0.667. The van der Waals surface area contributed by atoms with Gasteiger partial charge in [-0.15, -0.1) is 0 Å². The van der Waals surface area contributed by atoms with E-state index in [1.54, 1.807) is 7.11 Å². The summed E-state index contributed by atoms with van der Waals surface area (Å²) in [7, 11) is 1.71. The second-order valence-corrected chi connectivity index (χ2v) is 6.59. The monoisotopic (exact) mass is 289 g/mol. The lowest BCUT2D eigenvalue weighted by atomic mass is 9.88. The number of hydrogen-bond donors (Lipinski definition) is 1. The van der Waals surface area contributed by atoms with E-state index in [9.17, 15) is 0 Å². The van der Waals surface area contributed by atoms with Gasteiger partial charge < -0.3 is 14.8 Å². The Kier molecular flexibility index (Phi) is 4.51. The molecule has 0 amide bonds. The van der Waals surface area contributed by atoms with Crippen LogP contribution in [-0.4, -0.2) is 25.4 Å². The van der Waals surface area contributed by atoms with Crippen LogP contribution in [0.4, 0.5) is 0 Å². The zero-order valence-electron chi connectivity index (χ0n) is 13.2. The molecule has 0 bridgehead atoms. The molecule has 116 valence electrons. The Morgan fingerprint density at radius 3 is 2.62 bits per heavy atom. The topological polar surface area (TPSA) is 30.5 Å². The fourth-order valence-electron chi connectivity index (χ4n) is 3.88. The van der Waals surface area contributed by atoms with Crippen LogP contribution in [0.5, 0.6) is 5.75 Å². The molecule has 2 unspecified atom stereocenters. The summed E-state index contributed by atoms with van der Waals surface area (Å²) in [5, 5.41) is 3.80. The van der Waals surface area contributed by atoms with Crippen LogP contribution < -0.4 is 10.1 Å². The lowest BCUT2D eigenvalue weighted by molar-refractivity contribution is -0.0846. The molecule has 3 heteroatoms. The summed E-state index contributed by atoms with van der Waals surface area (Å²) in [5.74, 6) is 0.918. The zero-order chi connectivity index (χ0) is 14.7. The van der Waals surface area contributed by atoms with Crippen LogP contribution in [0.3, 0.4) is 0 Å². The summed E-state index contributed by atoms with van der Waals surface area (Å²) in [4.78, 5) is 0. The molecule has 1 N–H and O–H groups in total. The number of ether oxygens (including phenoxy) is 2. The molecule has 0 aromatic heterocycles. The lowest BCUT2D eigenvalue weighted by Gasteiger charge is -2.39. The zero-order valence-corrected chi connectivity index (χ0v) is 13.2. The normalized spacial score (nSPS) is 25.9. The Bertz CT molecular complexity index is 451. The van der Waals surface area contributed by atoms with Gasteiger partial charge in [0.2, 0.25) is 0 Å². The van der Waals surface area contributed by atoms with E-state index in [-0.39, 0.29) is 5.60 Å². The van der Waals surface area contributed by atoms with Gasteiger partial charge in [0.15, 0.2) is 0 Å². The summed E-state index contributed by atoms with van der Waals surface area (Å²) in [6.45, 7) is 3.16. The highest BCUT2D eigenvalue weighted by Gasteiger charge is 2.40. The van der Waals surface area contributed by atoms with Crippen LogP contribution in [0.1, 0.15) is 57.1 Å². The Balaban J connectivity index is 1.59. The van der Waals surface area contributed by atoms with Gasteiger partial charge in [0.1, 0.15) is 5.75 Å². The van der Waals surface area contributed by atoms with Gasteiger partial charge in [-0.25, -0.2) is 0 Å². The average Bonchev–Trinajstić information content (AvgIpc) is 2.95. The molecule has 2 atom stereocenters. The highest BCUT2D eigenvalue weighted by Crippen LogP contribution is 2.40. The minimum Gasteiger partial charge on any atom is -0.497 e. The minimum absolute atomic E-state index is 0.190. The molecule has 1 aliphatic carbocycles. The molecule has 1 aromatic rings. The number of nitrogens with one attached hydrogen (secondary N) is 1. The van der Waals surface area contributed by atoms with Crippen molar-refractivity contribution in [2.75, 3.05) is 13.7 Å². The third-order valence-electron chi connectivity index (χ3n) is 5.11. The van der Waals surface area contributed by atoms with Crippen molar-refractivity contribution < 1.29 is 9.47 Å². The lowest BCUT2D eigenvalue weighted by Crippen LogP contribution is -2.46. The molecule has 3 rings (SSSR count). The quantitative estimate of drug-likeness (QED) is 0.913. The van der Waals surface area contributed by atoms with Gasteiger partial charge in [0.25, 0.3) is 0 Å². The van der Waals surface area contributed by atoms with Crippen molar-refractivity contribution in [2.45, 2.75) is 63.1 Å². The van der Waals surface area contributed by atoms with Crippen molar-refractivity contribution in [1.82, 2.24) is 5.32 Å². The number of methoxy groups -OCH3 is 1. The van der Waals surface area contributed by atoms with Crippen molar-refractivity contribution in [1.29, 1.82) is 0 Å². The standard InChI is InChI=1S/C18H27NO2/c1-14(15-5-7-17(20-2)8-6-15)19-16-9-12-21-18(13-16)10-3-4-11-18/h5-8,14,16,19H,3-4,9-13H2,1-2H3. The van der Waals surface area contributed by atoms with Gasteiger partial charge in [0.05, 0.1) is 12.7 Å². The number of hydrogen-bond acceptors (Lipinski definition) is 3. The van der Waals surface area contributed by atoms with Crippen LogP contribution in [0.25, 0.3) is 0 Å². The SMILES string of the molecule is COc1ccc(C(C)NC2CCOC3(CCCC3)C2)cc1. The van der Waals surface area contributed by atoms with Crippen LogP contribution in [0.15, 0.2) is 24.3 Å². The van der Waals surface area contributed by atoms with Crippen LogP contribution in [0, 0.1) is 0 Å². The molecule has 0 radical (unpaired) electrons. The molecule has 1 aliphatic heterocycles. The first kappa shape index (κ1) is 14.9. The Labute approximate surface area is 128 Å². The maximum Gasteiger partial charge on any atom is 0.118 e. The molecule has 1 spiro atoms. The molecule has 1 saturated heterocycles. The molecule has 1 heterocycles. The summed E-state index contributed by atoms with van der Waals surface area (Å²) in [6, 6.07) is 9.33. The highest BCUT2D eigenvalue weighted by molar-refractivity contribution is 5.28. The van der Waals surface area contributed by atoms with Crippen molar-refractivity contribution in [3.63, 3.8) is 0 Å². The van der Waals surface area contributed by atoms with E-state index in [1.807, 2.05) is 12.1 Å². The van der Waals surface area contributed by atoms with Crippen molar-refractivity contribution in [2.24, 2.45) is 0 Å². The fourth-order valence-corrected chi connectivity index (χ4v) is 3.88. The van der Waals surface area contributed by atoms with E-state index in [0.29, 0.717) is 12.1 Å². The Morgan fingerprint density at radius 1 is 1.24 bits per heavy atom. The van der Waals surface area contributed by atoms with E-state index in [2.05, 4.69) is 24.4 Å². The van der Waals surface area contributed by atoms with E-state index >= 15 is 0 Å². The van der Waals surface area contributed by atoms with Gasteiger partial charge in [0, 0.05) is 18.7 Å². The predicted octanol–water partition coefficient (Wildman–Crippen LogP) is 3.84. The van der Waals surface area contributed by atoms with Gasteiger partial charge in [-0.2, -0.15) is 0 Å². The predicted molar refractivity (Wildman–Crippen MR) is 84.7 cm³/mol. The number of rotatable bonds is 4. The smallest absolute Gasteiger partial charge is 0.118 e. The minimum atomic E-state index is 0.190. The summed E-state index contributed by atoms with van der Waals surface area (Å²) in [5.41, 5.74) is 1.51. The largest absolute Gasteiger partial charge is 0.497 e. The average molecular weight is 289 g/mol. The second kappa shape index (κ2) is 6.37. The van der Waals surface area contributed by atoms with Crippen molar-refractivity contribution in [3.8, 4) is 5.75 Å². The second-order valence-electron chi connectivity index (χ2n) is 6.59. The van der Waals surface area contributed by atoms with Gasteiger partial charge in [-0.1, -0.05) is 25.0 Å². The molecule has 3 nitrogen and oxygen atoms in total. The van der Waals surface area contributed by atoms with E-state index in [4.69, 9.17) is 9.47 Å². The molecular weight excluding hydrogens is 262 g/mol. The van der Waals surface area contributed by atoms with Crippen LogP contribution in [0.2, 0.25) is 0 Å². The Morgan fingerprint density at radius 2 is 1.95 bits per heavy atom. The maximum absolute atomic E-state index is 6.12. The molecule has 2 fully saturated rings. The molecule has 2 aliphatic rings. The Hall–Kier alpha value is -1.06. The van der Waals surface area contributed by atoms with E-state index in [1.165, 1.54) is 37.7 Å². The van der Waals surface area contributed by atoms with Gasteiger partial charge >= 0.3 is 0 Å². The van der Waals surface area contributed by atoms with E-state index < -0.39 is 0 Å².